The molecule has 20 heavy (non-hydrogen) atoms. The molecule has 0 amide bonds. The van der Waals surface area contributed by atoms with Gasteiger partial charge in [0.2, 0.25) is 0 Å². The van der Waals surface area contributed by atoms with Gasteiger partial charge >= 0.3 is 0 Å². The van der Waals surface area contributed by atoms with Crippen molar-refractivity contribution >= 4 is 5.82 Å². The predicted octanol–water partition coefficient (Wildman–Crippen LogP) is 1.88. The molecule has 1 aromatic rings. The van der Waals surface area contributed by atoms with Gasteiger partial charge in [-0.25, -0.2) is 9.97 Å². The predicted molar refractivity (Wildman–Crippen MR) is 77.8 cm³/mol. The topological polar surface area (TPSA) is 32.3 Å². The van der Waals surface area contributed by atoms with Crippen molar-refractivity contribution in [3.8, 4) is 0 Å². The molecule has 2 aliphatic heterocycles. The standard InChI is InChI=1S/C16H22N4/c1-2-11(1)15-5-16(18-10-17-15)20-8-12-6-19(14-3-4-14)7-13(12)9-20/h5,10-14H,1-4,6-9H2. The van der Waals surface area contributed by atoms with Crippen molar-refractivity contribution in [2.75, 3.05) is 31.1 Å². The summed E-state index contributed by atoms with van der Waals surface area (Å²) in [5, 5.41) is 0. The van der Waals surface area contributed by atoms with E-state index in [1.54, 1.807) is 6.33 Å². The van der Waals surface area contributed by atoms with E-state index in [1.165, 1.54) is 63.4 Å². The molecule has 0 aromatic carbocycles. The van der Waals surface area contributed by atoms with Crippen LogP contribution in [0.4, 0.5) is 5.82 Å². The zero-order chi connectivity index (χ0) is 13.1. The highest BCUT2D eigenvalue weighted by Gasteiger charge is 2.44. The normalized spacial score (nSPS) is 33.7. The Hall–Kier alpha value is -1.16. The minimum absolute atomic E-state index is 0.726. The lowest BCUT2D eigenvalue weighted by Gasteiger charge is -2.22. The Labute approximate surface area is 120 Å². The van der Waals surface area contributed by atoms with E-state index in [4.69, 9.17) is 0 Å². The molecular formula is C16H22N4. The first-order valence-corrected chi connectivity index (χ1v) is 8.18. The summed E-state index contributed by atoms with van der Waals surface area (Å²) < 4.78 is 0. The van der Waals surface area contributed by atoms with Crippen LogP contribution in [0.25, 0.3) is 0 Å². The van der Waals surface area contributed by atoms with Gasteiger partial charge in [0.05, 0.1) is 0 Å². The molecule has 2 aliphatic carbocycles. The molecular weight excluding hydrogens is 248 g/mol. The molecule has 4 nitrogen and oxygen atoms in total. The summed E-state index contributed by atoms with van der Waals surface area (Å²) in [7, 11) is 0. The molecule has 4 aliphatic rings. The summed E-state index contributed by atoms with van der Waals surface area (Å²) >= 11 is 0. The molecule has 3 heterocycles. The maximum Gasteiger partial charge on any atom is 0.132 e. The second kappa shape index (κ2) is 4.17. The SMILES string of the molecule is c1nc(C2CC2)cc(N2CC3CN(C4CC4)CC3C2)n1. The number of rotatable bonds is 3. The van der Waals surface area contributed by atoms with Gasteiger partial charge in [0.25, 0.3) is 0 Å². The smallest absolute Gasteiger partial charge is 0.132 e. The summed E-state index contributed by atoms with van der Waals surface area (Å²) in [4.78, 5) is 14.2. The van der Waals surface area contributed by atoms with E-state index in [9.17, 15) is 0 Å². The van der Waals surface area contributed by atoms with Crippen LogP contribution in [0.2, 0.25) is 0 Å². The summed E-state index contributed by atoms with van der Waals surface area (Å²) in [5.41, 5.74) is 1.27. The van der Waals surface area contributed by atoms with Crippen LogP contribution in [0.3, 0.4) is 0 Å². The van der Waals surface area contributed by atoms with Crippen molar-refractivity contribution in [3.63, 3.8) is 0 Å². The van der Waals surface area contributed by atoms with Gasteiger partial charge in [-0.3, -0.25) is 4.90 Å². The Morgan fingerprint density at radius 3 is 2.30 bits per heavy atom. The zero-order valence-electron chi connectivity index (χ0n) is 11.9. The van der Waals surface area contributed by atoms with E-state index in [2.05, 4.69) is 25.8 Å². The van der Waals surface area contributed by atoms with Crippen LogP contribution in [-0.2, 0) is 0 Å². The number of anilines is 1. The van der Waals surface area contributed by atoms with Crippen LogP contribution in [0, 0.1) is 11.8 Å². The average Bonchev–Trinajstić information content (AvgIpc) is 3.36. The maximum absolute atomic E-state index is 4.53. The van der Waals surface area contributed by atoms with Gasteiger partial charge in [-0.1, -0.05) is 0 Å². The minimum atomic E-state index is 0.726. The first-order valence-electron chi connectivity index (χ1n) is 8.18. The summed E-state index contributed by atoms with van der Waals surface area (Å²) in [6, 6.07) is 3.19. The Kier molecular flexibility index (Phi) is 2.40. The number of likely N-dealkylation sites (tertiary alicyclic amines) is 1. The highest BCUT2D eigenvalue weighted by Crippen LogP contribution is 2.41. The summed E-state index contributed by atoms with van der Waals surface area (Å²) in [6.45, 7) is 5.06. The number of hydrogen-bond donors (Lipinski definition) is 0. The lowest BCUT2D eigenvalue weighted by Crippen LogP contribution is -2.30. The Bertz CT molecular complexity index is 509. The van der Waals surface area contributed by atoms with Gasteiger partial charge in [0.15, 0.2) is 0 Å². The number of nitrogens with zero attached hydrogens (tertiary/aromatic N) is 4. The Balaban J connectivity index is 1.30. The molecule has 2 saturated heterocycles. The van der Waals surface area contributed by atoms with Gasteiger partial charge in [-0.05, 0) is 37.5 Å². The van der Waals surface area contributed by atoms with E-state index in [0.717, 1.165) is 23.8 Å². The quantitative estimate of drug-likeness (QED) is 0.839. The maximum atomic E-state index is 4.53. The molecule has 0 bridgehead atoms. The van der Waals surface area contributed by atoms with E-state index in [1.807, 2.05) is 0 Å². The van der Waals surface area contributed by atoms with Crippen molar-refractivity contribution in [1.82, 2.24) is 14.9 Å². The van der Waals surface area contributed by atoms with Crippen molar-refractivity contribution in [2.24, 2.45) is 11.8 Å². The van der Waals surface area contributed by atoms with Crippen LogP contribution in [0.1, 0.15) is 37.3 Å². The van der Waals surface area contributed by atoms with Gasteiger partial charge in [-0.2, -0.15) is 0 Å². The second-order valence-electron chi connectivity index (χ2n) is 7.19. The van der Waals surface area contributed by atoms with Crippen LogP contribution >= 0.6 is 0 Å². The average molecular weight is 270 g/mol. The number of fused-ring (bicyclic) bond motifs is 1. The molecule has 2 saturated carbocycles. The molecule has 0 spiro atoms. The summed E-state index contributed by atoms with van der Waals surface area (Å²) in [5.74, 6) is 3.64. The van der Waals surface area contributed by atoms with Crippen LogP contribution in [0.5, 0.6) is 0 Å². The van der Waals surface area contributed by atoms with E-state index in [-0.39, 0.29) is 0 Å². The molecule has 0 radical (unpaired) electrons. The van der Waals surface area contributed by atoms with Crippen LogP contribution < -0.4 is 4.90 Å². The zero-order valence-corrected chi connectivity index (χ0v) is 11.9. The molecule has 4 fully saturated rings. The molecule has 106 valence electrons. The third-order valence-electron chi connectivity index (χ3n) is 5.57. The third kappa shape index (κ3) is 1.93. The van der Waals surface area contributed by atoms with Crippen molar-refractivity contribution in [3.05, 3.63) is 18.1 Å². The van der Waals surface area contributed by atoms with Gasteiger partial charge in [0.1, 0.15) is 12.1 Å². The highest BCUT2D eigenvalue weighted by atomic mass is 15.3. The number of hydrogen-bond acceptors (Lipinski definition) is 4. The van der Waals surface area contributed by atoms with E-state index >= 15 is 0 Å². The molecule has 5 rings (SSSR count). The van der Waals surface area contributed by atoms with Gasteiger partial charge in [0, 0.05) is 49.9 Å². The Morgan fingerprint density at radius 2 is 1.65 bits per heavy atom. The van der Waals surface area contributed by atoms with Crippen molar-refractivity contribution < 1.29 is 0 Å². The van der Waals surface area contributed by atoms with Crippen molar-refractivity contribution in [2.45, 2.75) is 37.6 Å². The lowest BCUT2D eigenvalue weighted by molar-refractivity contribution is 0.306. The van der Waals surface area contributed by atoms with Gasteiger partial charge < -0.3 is 4.90 Å². The molecule has 2 unspecified atom stereocenters. The van der Waals surface area contributed by atoms with E-state index in [0.29, 0.717) is 0 Å². The first-order chi connectivity index (χ1) is 9.87. The lowest BCUT2D eigenvalue weighted by atomic mass is 10.0. The van der Waals surface area contributed by atoms with Crippen molar-refractivity contribution in [1.29, 1.82) is 0 Å². The monoisotopic (exact) mass is 270 g/mol. The highest BCUT2D eigenvalue weighted by molar-refractivity contribution is 5.42. The largest absolute Gasteiger partial charge is 0.356 e. The molecule has 0 N–H and O–H groups in total. The fraction of sp³-hybridized carbons (Fsp3) is 0.750. The molecule has 4 heteroatoms. The summed E-state index contributed by atoms with van der Waals surface area (Å²) in [6.07, 6.45) is 7.29. The van der Waals surface area contributed by atoms with E-state index < -0.39 is 0 Å². The fourth-order valence-corrected chi connectivity index (χ4v) is 4.09. The second-order valence-corrected chi connectivity index (χ2v) is 7.19. The minimum Gasteiger partial charge on any atom is -0.356 e. The fourth-order valence-electron chi connectivity index (χ4n) is 4.09. The van der Waals surface area contributed by atoms with Crippen LogP contribution in [0.15, 0.2) is 12.4 Å². The van der Waals surface area contributed by atoms with Gasteiger partial charge in [-0.15, -0.1) is 0 Å². The van der Waals surface area contributed by atoms with Crippen LogP contribution in [-0.4, -0.2) is 47.1 Å². The molecule has 2 atom stereocenters. The third-order valence-corrected chi connectivity index (χ3v) is 5.57. The molecule has 1 aromatic heterocycles. The Morgan fingerprint density at radius 1 is 0.900 bits per heavy atom. The number of aromatic nitrogens is 2. The first kappa shape index (κ1) is 11.5.